The molecule has 1 aliphatic heterocycles. The Bertz CT molecular complexity index is 664. The molecule has 2 heterocycles. The van der Waals surface area contributed by atoms with Crippen LogP contribution in [0, 0.1) is 12.7 Å². The van der Waals surface area contributed by atoms with E-state index in [1.807, 2.05) is 0 Å². The second kappa shape index (κ2) is 7.83. The molecule has 24 heavy (non-hydrogen) atoms. The quantitative estimate of drug-likeness (QED) is 0.837. The molecule has 0 amide bonds. The monoisotopic (exact) mass is 335 g/mol. The zero-order chi connectivity index (χ0) is 16.9. The van der Waals surface area contributed by atoms with E-state index in [9.17, 15) is 9.50 Å². The van der Waals surface area contributed by atoms with Crippen LogP contribution in [-0.4, -0.2) is 45.9 Å². The number of nitrogens with zero attached hydrogens (tertiary/aromatic N) is 3. The summed E-state index contributed by atoms with van der Waals surface area (Å²) in [5.74, 6) is 0.925. The first-order valence-corrected chi connectivity index (χ1v) is 8.17. The Hall–Kier alpha value is -1.83. The Kier molecular flexibility index (Phi) is 5.55. The summed E-state index contributed by atoms with van der Waals surface area (Å²) in [7, 11) is 0. The molecule has 1 aromatic carbocycles. The molecule has 1 saturated heterocycles. The second-order valence-corrected chi connectivity index (χ2v) is 6.08. The SMILES string of the molecule is Cc1nc([C@H]2CCCN2C[C@H](O)COCc2ccccc2F)no1. The van der Waals surface area contributed by atoms with Crippen LogP contribution in [0.15, 0.2) is 28.8 Å². The highest BCUT2D eigenvalue weighted by Gasteiger charge is 2.30. The van der Waals surface area contributed by atoms with Crippen LogP contribution in [0.5, 0.6) is 0 Å². The van der Waals surface area contributed by atoms with E-state index in [1.165, 1.54) is 6.07 Å². The van der Waals surface area contributed by atoms with Crippen LogP contribution in [0.2, 0.25) is 0 Å². The third kappa shape index (κ3) is 4.17. The summed E-state index contributed by atoms with van der Waals surface area (Å²) in [6, 6.07) is 6.55. The van der Waals surface area contributed by atoms with Gasteiger partial charge in [0.05, 0.1) is 25.4 Å². The van der Waals surface area contributed by atoms with Crippen molar-refractivity contribution >= 4 is 0 Å². The van der Waals surface area contributed by atoms with E-state index in [1.54, 1.807) is 25.1 Å². The van der Waals surface area contributed by atoms with Gasteiger partial charge in [-0.3, -0.25) is 4.90 Å². The zero-order valence-corrected chi connectivity index (χ0v) is 13.7. The van der Waals surface area contributed by atoms with Crippen molar-refractivity contribution in [3.63, 3.8) is 0 Å². The van der Waals surface area contributed by atoms with Crippen LogP contribution in [0.25, 0.3) is 0 Å². The van der Waals surface area contributed by atoms with Crippen LogP contribution >= 0.6 is 0 Å². The van der Waals surface area contributed by atoms with Gasteiger partial charge in [0.15, 0.2) is 5.82 Å². The fraction of sp³-hybridized carbons (Fsp3) is 0.529. The average molecular weight is 335 g/mol. The van der Waals surface area contributed by atoms with Gasteiger partial charge in [0.25, 0.3) is 0 Å². The lowest BCUT2D eigenvalue weighted by atomic mass is 10.2. The summed E-state index contributed by atoms with van der Waals surface area (Å²) in [5.41, 5.74) is 0.492. The molecule has 7 heteroatoms. The summed E-state index contributed by atoms with van der Waals surface area (Å²) in [6.07, 6.45) is 1.33. The van der Waals surface area contributed by atoms with Crippen molar-refractivity contribution in [3.8, 4) is 0 Å². The molecular weight excluding hydrogens is 313 g/mol. The van der Waals surface area contributed by atoms with Crippen molar-refractivity contribution in [1.82, 2.24) is 15.0 Å². The number of aromatic nitrogens is 2. The minimum atomic E-state index is -0.648. The fourth-order valence-corrected chi connectivity index (χ4v) is 3.03. The van der Waals surface area contributed by atoms with Crippen LogP contribution < -0.4 is 0 Å². The van der Waals surface area contributed by atoms with Crippen molar-refractivity contribution in [2.24, 2.45) is 0 Å². The molecular formula is C17H22FN3O3. The van der Waals surface area contributed by atoms with Gasteiger partial charge in [-0.15, -0.1) is 0 Å². The zero-order valence-electron chi connectivity index (χ0n) is 13.7. The van der Waals surface area contributed by atoms with Gasteiger partial charge in [-0.25, -0.2) is 4.39 Å². The molecule has 130 valence electrons. The first-order valence-electron chi connectivity index (χ1n) is 8.17. The maximum Gasteiger partial charge on any atom is 0.223 e. The van der Waals surface area contributed by atoms with Crippen LogP contribution in [0.3, 0.4) is 0 Å². The summed E-state index contributed by atoms with van der Waals surface area (Å²) < 4.78 is 24.0. The summed E-state index contributed by atoms with van der Waals surface area (Å²) in [6.45, 7) is 3.42. The van der Waals surface area contributed by atoms with Crippen molar-refractivity contribution in [1.29, 1.82) is 0 Å². The van der Waals surface area contributed by atoms with Crippen molar-refractivity contribution < 1.29 is 18.8 Å². The lowest BCUT2D eigenvalue weighted by Crippen LogP contribution is -2.35. The van der Waals surface area contributed by atoms with E-state index in [0.717, 1.165) is 19.4 Å². The van der Waals surface area contributed by atoms with E-state index in [-0.39, 0.29) is 25.1 Å². The molecule has 2 atom stereocenters. The molecule has 0 radical (unpaired) electrons. The highest BCUT2D eigenvalue weighted by molar-refractivity contribution is 5.16. The molecule has 1 aliphatic rings. The van der Waals surface area contributed by atoms with E-state index in [0.29, 0.717) is 23.8 Å². The van der Waals surface area contributed by atoms with E-state index in [2.05, 4.69) is 15.0 Å². The molecule has 0 aliphatic carbocycles. The smallest absolute Gasteiger partial charge is 0.223 e. The Morgan fingerprint density at radius 2 is 2.29 bits per heavy atom. The number of β-amino-alcohol motifs (C(OH)–C–C–N with tert-alkyl or cyclic N) is 1. The average Bonchev–Trinajstić information content (AvgIpc) is 3.18. The molecule has 0 bridgehead atoms. The number of benzene rings is 1. The topological polar surface area (TPSA) is 71.6 Å². The summed E-state index contributed by atoms with van der Waals surface area (Å²) >= 11 is 0. The Balaban J connectivity index is 1.47. The number of hydrogen-bond donors (Lipinski definition) is 1. The molecule has 0 spiro atoms. The van der Waals surface area contributed by atoms with Crippen molar-refractivity contribution in [2.45, 2.75) is 38.5 Å². The normalized spacial score (nSPS) is 19.7. The molecule has 1 fully saturated rings. The Labute approximate surface area is 140 Å². The van der Waals surface area contributed by atoms with Gasteiger partial charge in [0, 0.05) is 19.0 Å². The minimum Gasteiger partial charge on any atom is -0.389 e. The number of hydrogen-bond acceptors (Lipinski definition) is 6. The molecule has 0 unspecified atom stereocenters. The number of rotatable bonds is 7. The number of aliphatic hydroxyl groups excluding tert-OH is 1. The summed E-state index contributed by atoms with van der Waals surface area (Å²) in [4.78, 5) is 6.43. The van der Waals surface area contributed by atoms with Crippen molar-refractivity contribution in [3.05, 3.63) is 47.4 Å². The van der Waals surface area contributed by atoms with Gasteiger partial charge >= 0.3 is 0 Å². The van der Waals surface area contributed by atoms with Crippen molar-refractivity contribution in [2.75, 3.05) is 19.7 Å². The molecule has 1 N–H and O–H groups in total. The third-order valence-corrected chi connectivity index (χ3v) is 4.18. The molecule has 6 nitrogen and oxygen atoms in total. The number of aliphatic hydroxyl groups is 1. The standard InChI is InChI=1S/C17H22FN3O3/c1-12-19-17(20-24-12)16-7-4-8-21(16)9-14(22)11-23-10-13-5-2-3-6-15(13)18/h2-3,5-6,14,16,22H,4,7-11H2,1H3/t14-,16+/m0/s1. The lowest BCUT2D eigenvalue weighted by Gasteiger charge is -2.24. The first kappa shape index (κ1) is 17.0. The Morgan fingerprint density at radius 1 is 1.46 bits per heavy atom. The van der Waals surface area contributed by atoms with Gasteiger partial charge < -0.3 is 14.4 Å². The van der Waals surface area contributed by atoms with Crippen LogP contribution in [-0.2, 0) is 11.3 Å². The molecule has 1 aromatic heterocycles. The van der Waals surface area contributed by atoms with Crippen LogP contribution in [0.1, 0.15) is 36.2 Å². The highest BCUT2D eigenvalue weighted by Crippen LogP contribution is 2.30. The molecule has 3 rings (SSSR count). The Morgan fingerprint density at radius 3 is 3.04 bits per heavy atom. The third-order valence-electron chi connectivity index (χ3n) is 4.18. The maximum absolute atomic E-state index is 13.5. The van der Waals surface area contributed by atoms with E-state index < -0.39 is 6.10 Å². The van der Waals surface area contributed by atoms with Gasteiger partial charge in [0.2, 0.25) is 5.89 Å². The number of aryl methyl sites for hydroxylation is 1. The van der Waals surface area contributed by atoms with Gasteiger partial charge in [-0.2, -0.15) is 4.98 Å². The maximum atomic E-state index is 13.5. The first-order chi connectivity index (χ1) is 11.6. The highest BCUT2D eigenvalue weighted by atomic mass is 19.1. The van der Waals surface area contributed by atoms with Gasteiger partial charge in [-0.1, -0.05) is 23.4 Å². The second-order valence-electron chi connectivity index (χ2n) is 6.08. The van der Waals surface area contributed by atoms with Gasteiger partial charge in [0.1, 0.15) is 5.82 Å². The number of halogens is 1. The molecule has 2 aromatic rings. The predicted molar refractivity (Wildman–Crippen MR) is 84.6 cm³/mol. The van der Waals surface area contributed by atoms with Crippen LogP contribution in [0.4, 0.5) is 4.39 Å². The van der Waals surface area contributed by atoms with E-state index >= 15 is 0 Å². The summed E-state index contributed by atoms with van der Waals surface area (Å²) in [5, 5.41) is 14.2. The largest absolute Gasteiger partial charge is 0.389 e. The number of ether oxygens (including phenoxy) is 1. The van der Waals surface area contributed by atoms with Gasteiger partial charge in [-0.05, 0) is 25.5 Å². The lowest BCUT2D eigenvalue weighted by molar-refractivity contribution is 0.00637. The minimum absolute atomic E-state index is 0.0728. The van der Waals surface area contributed by atoms with E-state index in [4.69, 9.17) is 9.26 Å². The number of likely N-dealkylation sites (tertiary alicyclic amines) is 1. The molecule has 0 saturated carbocycles. The fourth-order valence-electron chi connectivity index (χ4n) is 3.03. The predicted octanol–water partition coefficient (Wildman–Crippen LogP) is 2.23.